The third-order valence-corrected chi connectivity index (χ3v) is 6.02. The van der Waals surface area contributed by atoms with Gasteiger partial charge in [-0.3, -0.25) is 0 Å². The molecule has 1 nitrogen and oxygen atoms in total. The van der Waals surface area contributed by atoms with Crippen LogP contribution < -0.4 is 10.6 Å². The SMILES string of the molecule is CC(C=O)CCCP(c1ccccc1)c1ccccc1. The smallest absolute Gasteiger partial charge is 0.122 e. The molecule has 2 heteroatoms. The zero-order valence-electron chi connectivity index (χ0n) is 11.9. The Morgan fingerprint density at radius 3 is 1.90 bits per heavy atom. The first kappa shape index (κ1) is 14.9. The lowest BCUT2D eigenvalue weighted by Crippen LogP contribution is -2.14. The summed E-state index contributed by atoms with van der Waals surface area (Å²) in [4.78, 5) is 10.7. The number of carbonyl (C=O) groups is 1. The van der Waals surface area contributed by atoms with Crippen LogP contribution >= 0.6 is 7.92 Å². The normalized spacial score (nSPS) is 12.3. The Morgan fingerprint density at radius 1 is 0.950 bits per heavy atom. The molecule has 0 amide bonds. The fourth-order valence-corrected chi connectivity index (χ4v) is 4.64. The van der Waals surface area contributed by atoms with E-state index in [4.69, 9.17) is 0 Å². The van der Waals surface area contributed by atoms with E-state index in [1.54, 1.807) is 0 Å². The highest BCUT2D eigenvalue weighted by molar-refractivity contribution is 7.73. The van der Waals surface area contributed by atoms with E-state index in [1.165, 1.54) is 10.6 Å². The molecule has 20 heavy (non-hydrogen) atoms. The molecule has 0 aromatic heterocycles. The molecule has 1 atom stereocenters. The monoisotopic (exact) mass is 284 g/mol. The van der Waals surface area contributed by atoms with Crippen LogP contribution in [0.4, 0.5) is 0 Å². The average Bonchev–Trinajstić information content (AvgIpc) is 2.53. The molecule has 2 aromatic rings. The van der Waals surface area contributed by atoms with Crippen LogP contribution in [0.2, 0.25) is 0 Å². The van der Waals surface area contributed by atoms with E-state index in [-0.39, 0.29) is 13.8 Å². The van der Waals surface area contributed by atoms with Crippen molar-refractivity contribution in [3.8, 4) is 0 Å². The highest BCUT2D eigenvalue weighted by Crippen LogP contribution is 2.34. The molecule has 0 bridgehead atoms. The largest absolute Gasteiger partial charge is 0.303 e. The van der Waals surface area contributed by atoms with Gasteiger partial charge >= 0.3 is 0 Å². The van der Waals surface area contributed by atoms with Gasteiger partial charge in [0, 0.05) is 5.92 Å². The lowest BCUT2D eigenvalue weighted by molar-refractivity contribution is -0.110. The Hall–Kier alpha value is -1.46. The number of hydrogen-bond donors (Lipinski definition) is 0. The molecular weight excluding hydrogens is 263 g/mol. The second kappa shape index (κ2) is 7.97. The van der Waals surface area contributed by atoms with E-state index < -0.39 is 0 Å². The summed E-state index contributed by atoms with van der Waals surface area (Å²) in [5, 5.41) is 2.85. The maximum atomic E-state index is 10.7. The van der Waals surface area contributed by atoms with Gasteiger partial charge in [0.15, 0.2) is 0 Å². The summed E-state index contributed by atoms with van der Waals surface area (Å²) in [5.41, 5.74) is 0. The van der Waals surface area contributed by atoms with E-state index >= 15 is 0 Å². The summed E-state index contributed by atoms with van der Waals surface area (Å²) >= 11 is 0. The highest BCUT2D eigenvalue weighted by atomic mass is 31.1. The van der Waals surface area contributed by atoms with Crippen LogP contribution in [0.5, 0.6) is 0 Å². The maximum absolute atomic E-state index is 10.7. The quantitative estimate of drug-likeness (QED) is 0.559. The molecule has 0 saturated carbocycles. The number of carbonyl (C=O) groups excluding carboxylic acids is 1. The van der Waals surface area contributed by atoms with Gasteiger partial charge in [-0.15, -0.1) is 0 Å². The van der Waals surface area contributed by atoms with Crippen molar-refractivity contribution in [1.82, 2.24) is 0 Å². The molecule has 0 fully saturated rings. The van der Waals surface area contributed by atoms with E-state index in [9.17, 15) is 4.79 Å². The summed E-state index contributed by atoms with van der Waals surface area (Å²) in [6.07, 6.45) is 4.31. The lowest BCUT2D eigenvalue weighted by Gasteiger charge is -2.19. The third-order valence-electron chi connectivity index (χ3n) is 3.41. The second-order valence-corrected chi connectivity index (χ2v) is 7.41. The van der Waals surface area contributed by atoms with Crippen molar-refractivity contribution in [3.05, 3.63) is 60.7 Å². The number of rotatable bonds is 7. The van der Waals surface area contributed by atoms with Crippen LogP contribution in [0.15, 0.2) is 60.7 Å². The van der Waals surface area contributed by atoms with Crippen molar-refractivity contribution in [2.45, 2.75) is 19.8 Å². The minimum atomic E-state index is -0.302. The fourth-order valence-electron chi connectivity index (χ4n) is 2.26. The molecule has 104 valence electrons. The average molecular weight is 284 g/mol. The van der Waals surface area contributed by atoms with Crippen LogP contribution in [0.25, 0.3) is 0 Å². The zero-order valence-corrected chi connectivity index (χ0v) is 12.8. The Labute approximate surface area is 122 Å². The van der Waals surface area contributed by atoms with Gasteiger partial charge in [0.1, 0.15) is 6.29 Å². The molecule has 2 aromatic carbocycles. The Morgan fingerprint density at radius 2 is 1.45 bits per heavy atom. The van der Waals surface area contributed by atoms with Crippen molar-refractivity contribution in [2.24, 2.45) is 5.92 Å². The summed E-state index contributed by atoms with van der Waals surface area (Å²) in [6, 6.07) is 21.5. The minimum absolute atomic E-state index is 0.179. The molecular formula is C18H21OP. The number of benzene rings is 2. The summed E-state index contributed by atoms with van der Waals surface area (Å²) < 4.78 is 0. The number of aldehydes is 1. The summed E-state index contributed by atoms with van der Waals surface area (Å²) in [7, 11) is -0.302. The molecule has 0 radical (unpaired) electrons. The molecule has 0 N–H and O–H groups in total. The van der Waals surface area contributed by atoms with Crippen LogP contribution in [0.1, 0.15) is 19.8 Å². The third kappa shape index (κ3) is 4.28. The first-order valence-electron chi connectivity index (χ1n) is 7.14. The molecule has 0 aliphatic carbocycles. The van der Waals surface area contributed by atoms with Crippen molar-refractivity contribution < 1.29 is 4.79 Å². The van der Waals surface area contributed by atoms with Gasteiger partial charge in [0.25, 0.3) is 0 Å². The molecule has 0 spiro atoms. The van der Waals surface area contributed by atoms with Crippen molar-refractivity contribution in [1.29, 1.82) is 0 Å². The molecule has 2 rings (SSSR count). The lowest BCUT2D eigenvalue weighted by atomic mass is 10.1. The molecule has 1 unspecified atom stereocenters. The minimum Gasteiger partial charge on any atom is -0.303 e. The van der Waals surface area contributed by atoms with Gasteiger partial charge in [0.05, 0.1) is 0 Å². The van der Waals surface area contributed by atoms with E-state index in [0.29, 0.717) is 0 Å². The van der Waals surface area contributed by atoms with Crippen LogP contribution in [-0.2, 0) is 4.79 Å². The van der Waals surface area contributed by atoms with Gasteiger partial charge in [0.2, 0.25) is 0 Å². The number of hydrogen-bond acceptors (Lipinski definition) is 1. The topological polar surface area (TPSA) is 17.1 Å². The zero-order chi connectivity index (χ0) is 14.2. The standard InChI is InChI=1S/C18H21OP/c1-16(15-19)9-8-14-20(17-10-4-2-5-11-17)18-12-6-3-7-13-18/h2-7,10-13,15-16H,8-9,14H2,1H3. The summed E-state index contributed by atoms with van der Waals surface area (Å²) in [5.74, 6) is 0.179. The van der Waals surface area contributed by atoms with Crippen molar-refractivity contribution in [2.75, 3.05) is 6.16 Å². The van der Waals surface area contributed by atoms with Gasteiger partial charge in [-0.2, -0.15) is 0 Å². The maximum Gasteiger partial charge on any atom is 0.122 e. The van der Waals surface area contributed by atoms with E-state index in [2.05, 4.69) is 60.7 Å². The van der Waals surface area contributed by atoms with Gasteiger partial charge in [-0.1, -0.05) is 67.6 Å². The van der Waals surface area contributed by atoms with Gasteiger partial charge in [-0.05, 0) is 37.5 Å². The van der Waals surface area contributed by atoms with Gasteiger partial charge < -0.3 is 4.79 Å². The second-order valence-electron chi connectivity index (χ2n) is 5.08. The molecule has 0 saturated heterocycles. The van der Waals surface area contributed by atoms with E-state index in [0.717, 1.165) is 25.3 Å². The van der Waals surface area contributed by atoms with Crippen LogP contribution in [0.3, 0.4) is 0 Å². The Bertz CT molecular complexity index is 470. The first-order chi connectivity index (χ1) is 9.81. The molecule has 0 aliphatic rings. The Balaban J connectivity index is 2.11. The van der Waals surface area contributed by atoms with Crippen LogP contribution in [-0.4, -0.2) is 12.4 Å². The summed E-state index contributed by atoms with van der Waals surface area (Å²) in [6.45, 7) is 2.00. The first-order valence-corrected chi connectivity index (χ1v) is 8.67. The fraction of sp³-hybridized carbons (Fsp3) is 0.278. The predicted molar refractivity (Wildman–Crippen MR) is 88.4 cm³/mol. The predicted octanol–water partition coefficient (Wildman–Crippen LogP) is 3.73. The molecule has 0 heterocycles. The Kier molecular flexibility index (Phi) is 5.95. The van der Waals surface area contributed by atoms with Crippen molar-refractivity contribution >= 4 is 24.8 Å². The van der Waals surface area contributed by atoms with E-state index in [1.807, 2.05) is 6.92 Å². The molecule has 0 aliphatic heterocycles. The van der Waals surface area contributed by atoms with Crippen molar-refractivity contribution in [3.63, 3.8) is 0 Å². The highest BCUT2D eigenvalue weighted by Gasteiger charge is 2.13. The van der Waals surface area contributed by atoms with Crippen LogP contribution in [0, 0.1) is 5.92 Å². The van der Waals surface area contributed by atoms with Gasteiger partial charge in [-0.25, -0.2) is 0 Å².